The van der Waals surface area contributed by atoms with Crippen LogP contribution in [0.2, 0.25) is 0 Å². The second-order valence-corrected chi connectivity index (χ2v) is 5.95. The molecular weight excluding hydrogens is 341 g/mol. The molecule has 1 N–H and O–H groups in total. The van der Waals surface area contributed by atoms with E-state index in [0.29, 0.717) is 36.6 Å². The fourth-order valence-corrected chi connectivity index (χ4v) is 2.47. The predicted octanol–water partition coefficient (Wildman–Crippen LogP) is 2.76. The van der Waals surface area contributed by atoms with Crippen molar-refractivity contribution < 1.29 is 18.7 Å². The highest BCUT2D eigenvalue weighted by Gasteiger charge is 2.15. The Morgan fingerprint density at radius 3 is 3.14 bits per heavy atom. The molecule has 1 heterocycles. The molecule has 6 heteroatoms. The maximum absolute atomic E-state index is 13.5. The van der Waals surface area contributed by atoms with Gasteiger partial charge in [-0.15, -0.1) is 0 Å². The lowest BCUT2D eigenvalue weighted by Crippen LogP contribution is -2.26. The molecule has 1 aliphatic heterocycles. The van der Waals surface area contributed by atoms with Crippen molar-refractivity contribution in [2.75, 3.05) is 33.0 Å². The van der Waals surface area contributed by atoms with Crippen LogP contribution in [0.1, 0.15) is 23.2 Å². The quantitative estimate of drug-likeness (QED) is 0.761. The Kier molecular flexibility index (Phi) is 6.60. The van der Waals surface area contributed by atoms with E-state index in [9.17, 15) is 9.18 Å². The van der Waals surface area contributed by atoms with E-state index in [1.807, 2.05) is 0 Å². The second-order valence-electron chi connectivity index (χ2n) is 5.04. The molecule has 1 amide bonds. The van der Waals surface area contributed by atoms with Gasteiger partial charge in [-0.1, -0.05) is 15.9 Å². The lowest BCUT2D eigenvalue weighted by atomic mass is 10.1. The number of benzene rings is 1. The van der Waals surface area contributed by atoms with E-state index in [1.54, 1.807) is 6.07 Å². The van der Waals surface area contributed by atoms with Gasteiger partial charge in [0.05, 0.1) is 18.8 Å². The van der Waals surface area contributed by atoms with Crippen molar-refractivity contribution >= 4 is 21.8 Å². The summed E-state index contributed by atoms with van der Waals surface area (Å²) in [6.45, 7) is 3.35. The highest BCUT2D eigenvalue weighted by atomic mass is 79.9. The number of hydrogen-bond donors (Lipinski definition) is 1. The lowest BCUT2D eigenvalue weighted by molar-refractivity contribution is 0.0852. The Morgan fingerprint density at radius 2 is 2.38 bits per heavy atom. The molecule has 2 rings (SSSR count). The molecule has 116 valence electrons. The summed E-state index contributed by atoms with van der Waals surface area (Å²) in [5.41, 5.74) is 0.0494. The van der Waals surface area contributed by atoms with Crippen LogP contribution < -0.4 is 5.32 Å². The molecule has 1 aromatic rings. The highest BCUT2D eigenvalue weighted by Crippen LogP contribution is 2.15. The van der Waals surface area contributed by atoms with E-state index in [1.165, 1.54) is 12.1 Å². The number of halogens is 2. The summed E-state index contributed by atoms with van der Waals surface area (Å²) in [4.78, 5) is 11.8. The summed E-state index contributed by atoms with van der Waals surface area (Å²) in [5.74, 6) is -0.429. The molecule has 4 nitrogen and oxygen atoms in total. The first-order chi connectivity index (χ1) is 10.2. The fraction of sp³-hybridized carbons (Fsp3) is 0.533. The van der Waals surface area contributed by atoms with Crippen LogP contribution in [0.5, 0.6) is 0 Å². The van der Waals surface area contributed by atoms with Gasteiger partial charge in [0.1, 0.15) is 5.82 Å². The number of carbonyl (C=O) groups excluding carboxylic acids is 1. The van der Waals surface area contributed by atoms with E-state index in [-0.39, 0.29) is 5.56 Å². The summed E-state index contributed by atoms with van der Waals surface area (Å²) < 4.78 is 25.0. The minimum atomic E-state index is -0.520. The minimum absolute atomic E-state index is 0.0494. The maximum atomic E-state index is 13.5. The van der Waals surface area contributed by atoms with Crippen molar-refractivity contribution in [1.29, 1.82) is 0 Å². The molecule has 1 aromatic carbocycles. The van der Waals surface area contributed by atoms with Crippen molar-refractivity contribution in [3.8, 4) is 0 Å². The third-order valence-electron chi connectivity index (χ3n) is 3.30. The van der Waals surface area contributed by atoms with Gasteiger partial charge in [-0.3, -0.25) is 4.79 Å². The molecule has 1 fully saturated rings. The Bertz CT molecular complexity index is 478. The minimum Gasteiger partial charge on any atom is -0.381 e. The van der Waals surface area contributed by atoms with Crippen molar-refractivity contribution in [3.63, 3.8) is 0 Å². The van der Waals surface area contributed by atoms with Crippen LogP contribution in [-0.4, -0.2) is 38.9 Å². The molecule has 1 unspecified atom stereocenters. The predicted molar refractivity (Wildman–Crippen MR) is 80.8 cm³/mol. The average Bonchev–Trinajstić information content (AvgIpc) is 2.98. The van der Waals surface area contributed by atoms with Gasteiger partial charge in [-0.25, -0.2) is 4.39 Å². The topological polar surface area (TPSA) is 47.6 Å². The van der Waals surface area contributed by atoms with Crippen LogP contribution >= 0.6 is 15.9 Å². The van der Waals surface area contributed by atoms with Crippen LogP contribution in [0.4, 0.5) is 4.39 Å². The van der Waals surface area contributed by atoms with Gasteiger partial charge in [-0.05, 0) is 31.0 Å². The first-order valence-electron chi connectivity index (χ1n) is 7.05. The number of rotatable bonds is 7. The van der Waals surface area contributed by atoms with Gasteiger partial charge in [0.2, 0.25) is 0 Å². The normalized spacial score (nSPS) is 17.9. The Labute approximate surface area is 132 Å². The highest BCUT2D eigenvalue weighted by molar-refractivity contribution is 9.10. The maximum Gasteiger partial charge on any atom is 0.254 e. The molecule has 0 bridgehead atoms. The van der Waals surface area contributed by atoms with Gasteiger partial charge in [0.25, 0.3) is 5.91 Å². The molecule has 1 saturated heterocycles. The van der Waals surface area contributed by atoms with E-state index in [4.69, 9.17) is 9.47 Å². The average molecular weight is 360 g/mol. The molecule has 1 atom stereocenters. The van der Waals surface area contributed by atoms with Crippen LogP contribution in [0.25, 0.3) is 0 Å². The largest absolute Gasteiger partial charge is 0.381 e. The zero-order valence-corrected chi connectivity index (χ0v) is 13.3. The van der Waals surface area contributed by atoms with E-state index in [2.05, 4.69) is 21.2 Å². The van der Waals surface area contributed by atoms with Crippen LogP contribution in [0.3, 0.4) is 0 Å². The van der Waals surface area contributed by atoms with Crippen LogP contribution in [0, 0.1) is 11.7 Å². The fourth-order valence-electron chi connectivity index (χ4n) is 2.11. The number of carbonyl (C=O) groups is 1. The third kappa shape index (κ3) is 5.37. The standard InChI is InChI=1S/C15H19BrFNO3/c16-12-2-3-14(17)13(8-12)15(19)18-5-1-6-20-9-11-4-7-21-10-11/h2-3,8,11H,1,4-7,9-10H2,(H,18,19). The Balaban J connectivity index is 1.61. The molecule has 21 heavy (non-hydrogen) atoms. The van der Waals surface area contributed by atoms with Crippen molar-refractivity contribution in [2.45, 2.75) is 12.8 Å². The Morgan fingerprint density at radius 1 is 1.52 bits per heavy atom. The number of amides is 1. The molecule has 0 radical (unpaired) electrons. The zero-order valence-electron chi connectivity index (χ0n) is 11.7. The molecule has 0 saturated carbocycles. The van der Waals surface area contributed by atoms with Crippen molar-refractivity contribution in [3.05, 3.63) is 34.1 Å². The number of ether oxygens (including phenoxy) is 2. The van der Waals surface area contributed by atoms with Gasteiger partial charge in [-0.2, -0.15) is 0 Å². The number of nitrogens with one attached hydrogen (secondary N) is 1. The smallest absolute Gasteiger partial charge is 0.254 e. The summed E-state index contributed by atoms with van der Waals surface area (Å²) in [7, 11) is 0. The van der Waals surface area contributed by atoms with Crippen LogP contribution in [-0.2, 0) is 9.47 Å². The monoisotopic (exact) mass is 359 g/mol. The van der Waals surface area contributed by atoms with Crippen molar-refractivity contribution in [1.82, 2.24) is 5.32 Å². The Hall–Kier alpha value is -0.980. The number of hydrogen-bond acceptors (Lipinski definition) is 3. The first-order valence-corrected chi connectivity index (χ1v) is 7.85. The summed E-state index contributed by atoms with van der Waals surface area (Å²) >= 11 is 3.22. The zero-order chi connectivity index (χ0) is 15.1. The molecular formula is C15H19BrFNO3. The van der Waals surface area contributed by atoms with E-state index < -0.39 is 11.7 Å². The SMILES string of the molecule is O=C(NCCCOCC1CCOC1)c1cc(Br)ccc1F. The molecule has 1 aliphatic rings. The van der Waals surface area contributed by atoms with E-state index in [0.717, 1.165) is 19.6 Å². The van der Waals surface area contributed by atoms with Gasteiger partial charge >= 0.3 is 0 Å². The van der Waals surface area contributed by atoms with Gasteiger partial charge < -0.3 is 14.8 Å². The summed E-state index contributed by atoms with van der Waals surface area (Å²) in [5, 5.41) is 2.69. The molecule has 0 aromatic heterocycles. The van der Waals surface area contributed by atoms with Crippen molar-refractivity contribution in [2.24, 2.45) is 5.92 Å². The van der Waals surface area contributed by atoms with Gasteiger partial charge in [0.15, 0.2) is 0 Å². The summed E-state index contributed by atoms with van der Waals surface area (Å²) in [6.07, 6.45) is 1.76. The van der Waals surface area contributed by atoms with Gasteiger partial charge in [0, 0.05) is 30.1 Å². The molecule has 0 spiro atoms. The molecule has 0 aliphatic carbocycles. The second kappa shape index (κ2) is 8.46. The summed E-state index contributed by atoms with van der Waals surface area (Å²) in [6, 6.07) is 4.31. The lowest BCUT2D eigenvalue weighted by Gasteiger charge is -2.09. The van der Waals surface area contributed by atoms with Crippen LogP contribution in [0.15, 0.2) is 22.7 Å². The third-order valence-corrected chi connectivity index (χ3v) is 3.79. The first kappa shape index (κ1) is 16.4. The van der Waals surface area contributed by atoms with E-state index >= 15 is 0 Å².